The molecule has 2 N–H and O–H groups in total. The highest BCUT2D eigenvalue weighted by Crippen LogP contribution is 2.36. The summed E-state index contributed by atoms with van der Waals surface area (Å²) in [5.41, 5.74) is 2.28. The first kappa shape index (κ1) is 15.6. The normalized spacial score (nSPS) is 14.2. The quantitative estimate of drug-likeness (QED) is 0.844. The zero-order valence-corrected chi connectivity index (χ0v) is 13.1. The largest absolute Gasteiger partial charge is 0.497 e. The van der Waals surface area contributed by atoms with Crippen molar-refractivity contribution in [1.82, 2.24) is 0 Å². The van der Waals surface area contributed by atoms with E-state index in [4.69, 9.17) is 14.6 Å². The van der Waals surface area contributed by atoms with Crippen molar-refractivity contribution in [2.75, 3.05) is 19.5 Å². The second-order valence-corrected chi connectivity index (χ2v) is 5.19. The Hall–Kier alpha value is -3.28. The first-order valence-electron chi connectivity index (χ1n) is 7.16. The van der Waals surface area contributed by atoms with E-state index in [0.717, 1.165) is 0 Å². The molecule has 0 bridgehead atoms. The first-order valence-corrected chi connectivity index (χ1v) is 7.16. The SMILES string of the molecule is COc1ccc(OC)c(/C=C2/C(=O)Nc3ccc(C(=O)O)cc32)c1. The molecule has 0 unspecified atom stereocenters. The minimum Gasteiger partial charge on any atom is -0.497 e. The van der Waals surface area contributed by atoms with Crippen molar-refractivity contribution in [2.24, 2.45) is 0 Å². The Morgan fingerprint density at radius 2 is 1.92 bits per heavy atom. The number of methoxy groups -OCH3 is 2. The zero-order chi connectivity index (χ0) is 17.3. The van der Waals surface area contributed by atoms with Crippen molar-refractivity contribution < 1.29 is 24.2 Å². The Morgan fingerprint density at radius 1 is 1.12 bits per heavy atom. The second kappa shape index (κ2) is 6.08. The van der Waals surface area contributed by atoms with Crippen LogP contribution in [0.4, 0.5) is 5.69 Å². The van der Waals surface area contributed by atoms with Crippen LogP contribution >= 0.6 is 0 Å². The summed E-state index contributed by atoms with van der Waals surface area (Å²) in [5, 5.41) is 11.9. The molecule has 0 atom stereocenters. The van der Waals surface area contributed by atoms with Gasteiger partial charge >= 0.3 is 5.97 Å². The number of aromatic carboxylic acids is 1. The van der Waals surface area contributed by atoms with E-state index in [2.05, 4.69) is 5.32 Å². The average Bonchev–Trinajstić information content (AvgIpc) is 2.89. The minimum atomic E-state index is -1.05. The van der Waals surface area contributed by atoms with Gasteiger partial charge in [0.2, 0.25) is 0 Å². The number of anilines is 1. The Balaban J connectivity index is 2.14. The molecule has 122 valence electrons. The highest BCUT2D eigenvalue weighted by molar-refractivity contribution is 6.35. The molecular formula is C18H15NO5. The van der Waals surface area contributed by atoms with E-state index in [1.165, 1.54) is 19.2 Å². The molecule has 0 saturated heterocycles. The Bertz CT molecular complexity index is 870. The number of carbonyl (C=O) groups is 2. The lowest BCUT2D eigenvalue weighted by Crippen LogP contribution is -2.03. The zero-order valence-electron chi connectivity index (χ0n) is 13.1. The molecule has 2 aromatic carbocycles. The first-order chi connectivity index (χ1) is 11.5. The molecule has 24 heavy (non-hydrogen) atoms. The van der Waals surface area contributed by atoms with Gasteiger partial charge in [0.05, 0.1) is 19.8 Å². The van der Waals surface area contributed by atoms with Gasteiger partial charge in [-0.2, -0.15) is 0 Å². The number of rotatable bonds is 4. The third kappa shape index (κ3) is 2.69. The fraction of sp³-hybridized carbons (Fsp3) is 0.111. The van der Waals surface area contributed by atoms with Gasteiger partial charge in [0.15, 0.2) is 0 Å². The number of ether oxygens (including phenoxy) is 2. The van der Waals surface area contributed by atoms with E-state index in [9.17, 15) is 9.59 Å². The smallest absolute Gasteiger partial charge is 0.335 e. The summed E-state index contributed by atoms with van der Waals surface area (Å²) in [6.45, 7) is 0. The number of hydrogen-bond donors (Lipinski definition) is 2. The monoisotopic (exact) mass is 325 g/mol. The molecule has 1 amide bonds. The lowest BCUT2D eigenvalue weighted by Gasteiger charge is -2.08. The standard InChI is InChI=1S/C18H15NO5/c1-23-12-4-6-16(24-2)11(7-12)9-14-13-8-10(18(21)22)3-5-15(13)19-17(14)20/h3-9H,1-2H3,(H,19,20)(H,21,22)/b14-9+. The second-order valence-electron chi connectivity index (χ2n) is 5.19. The predicted molar refractivity (Wildman–Crippen MR) is 89.4 cm³/mol. The van der Waals surface area contributed by atoms with Gasteiger partial charge in [-0.1, -0.05) is 0 Å². The van der Waals surface area contributed by atoms with E-state index in [1.807, 2.05) is 0 Å². The van der Waals surface area contributed by atoms with Crippen LogP contribution in [-0.2, 0) is 4.79 Å². The number of amides is 1. The van der Waals surface area contributed by atoms with Crippen LogP contribution in [0.5, 0.6) is 11.5 Å². The Kier molecular flexibility index (Phi) is 3.95. The number of carboxylic acid groups (broad SMARTS) is 1. The molecule has 0 aromatic heterocycles. The van der Waals surface area contributed by atoms with Crippen LogP contribution in [0.25, 0.3) is 11.6 Å². The van der Waals surface area contributed by atoms with Crippen LogP contribution in [0.2, 0.25) is 0 Å². The number of carboxylic acids is 1. The van der Waals surface area contributed by atoms with E-state index in [0.29, 0.717) is 33.9 Å². The summed E-state index contributed by atoms with van der Waals surface area (Å²) in [6.07, 6.45) is 1.66. The molecule has 0 spiro atoms. The van der Waals surface area contributed by atoms with Crippen molar-refractivity contribution >= 4 is 29.2 Å². The third-order valence-corrected chi connectivity index (χ3v) is 3.79. The molecule has 0 fully saturated rings. The average molecular weight is 325 g/mol. The minimum absolute atomic E-state index is 0.119. The Labute approximate surface area is 138 Å². The lowest BCUT2D eigenvalue weighted by atomic mass is 10.0. The van der Waals surface area contributed by atoms with Gasteiger partial charge in [-0.15, -0.1) is 0 Å². The maximum absolute atomic E-state index is 12.3. The molecule has 1 heterocycles. The number of carbonyl (C=O) groups excluding carboxylic acids is 1. The summed E-state index contributed by atoms with van der Waals surface area (Å²) in [7, 11) is 3.09. The topological polar surface area (TPSA) is 84.9 Å². The predicted octanol–water partition coefficient (Wildman–Crippen LogP) is 2.89. The highest BCUT2D eigenvalue weighted by atomic mass is 16.5. The summed E-state index contributed by atoms with van der Waals surface area (Å²) in [5.74, 6) is -0.132. The molecule has 0 radical (unpaired) electrons. The third-order valence-electron chi connectivity index (χ3n) is 3.79. The maximum Gasteiger partial charge on any atom is 0.335 e. The molecule has 1 aliphatic rings. The molecule has 6 nitrogen and oxygen atoms in total. The number of nitrogens with one attached hydrogen (secondary N) is 1. The Morgan fingerprint density at radius 3 is 2.58 bits per heavy atom. The van der Waals surface area contributed by atoms with Crippen LogP contribution < -0.4 is 14.8 Å². The van der Waals surface area contributed by atoms with Crippen LogP contribution in [0, 0.1) is 0 Å². The van der Waals surface area contributed by atoms with Gasteiger partial charge in [0, 0.05) is 22.4 Å². The van der Waals surface area contributed by atoms with Crippen LogP contribution in [-0.4, -0.2) is 31.2 Å². The number of hydrogen-bond acceptors (Lipinski definition) is 4. The number of fused-ring (bicyclic) bond motifs is 1. The summed E-state index contributed by atoms with van der Waals surface area (Å²) >= 11 is 0. The van der Waals surface area contributed by atoms with E-state index in [1.54, 1.807) is 37.5 Å². The van der Waals surface area contributed by atoms with Crippen molar-refractivity contribution in [3.05, 3.63) is 53.1 Å². The summed E-state index contributed by atoms with van der Waals surface area (Å²) < 4.78 is 10.5. The summed E-state index contributed by atoms with van der Waals surface area (Å²) in [6, 6.07) is 9.77. The van der Waals surface area contributed by atoms with E-state index >= 15 is 0 Å². The fourth-order valence-corrected chi connectivity index (χ4v) is 2.57. The van der Waals surface area contributed by atoms with Gasteiger partial charge in [-0.3, -0.25) is 4.79 Å². The molecule has 0 saturated carbocycles. The van der Waals surface area contributed by atoms with Crippen molar-refractivity contribution in [2.45, 2.75) is 0 Å². The molecule has 0 aliphatic carbocycles. The molecule has 6 heteroatoms. The van der Waals surface area contributed by atoms with Crippen LogP contribution in [0.15, 0.2) is 36.4 Å². The fourth-order valence-electron chi connectivity index (χ4n) is 2.57. The van der Waals surface area contributed by atoms with Gasteiger partial charge < -0.3 is 19.9 Å². The van der Waals surface area contributed by atoms with Gasteiger partial charge in [-0.25, -0.2) is 4.79 Å². The van der Waals surface area contributed by atoms with E-state index in [-0.39, 0.29) is 11.5 Å². The highest BCUT2D eigenvalue weighted by Gasteiger charge is 2.25. The number of benzene rings is 2. The molecule has 3 rings (SSSR count). The van der Waals surface area contributed by atoms with Gasteiger partial charge in [-0.05, 0) is 42.5 Å². The molecular weight excluding hydrogens is 310 g/mol. The molecule has 1 aliphatic heterocycles. The van der Waals surface area contributed by atoms with E-state index < -0.39 is 5.97 Å². The lowest BCUT2D eigenvalue weighted by molar-refractivity contribution is -0.110. The van der Waals surface area contributed by atoms with Crippen LogP contribution in [0.3, 0.4) is 0 Å². The van der Waals surface area contributed by atoms with Gasteiger partial charge in [0.1, 0.15) is 11.5 Å². The van der Waals surface area contributed by atoms with Crippen molar-refractivity contribution in [3.8, 4) is 11.5 Å². The van der Waals surface area contributed by atoms with Gasteiger partial charge in [0.25, 0.3) is 5.91 Å². The van der Waals surface area contributed by atoms with Crippen molar-refractivity contribution in [1.29, 1.82) is 0 Å². The summed E-state index contributed by atoms with van der Waals surface area (Å²) in [4.78, 5) is 23.4. The maximum atomic E-state index is 12.3. The molecule has 2 aromatic rings. The van der Waals surface area contributed by atoms with Crippen molar-refractivity contribution in [3.63, 3.8) is 0 Å². The van der Waals surface area contributed by atoms with Crippen LogP contribution in [0.1, 0.15) is 21.5 Å².